The van der Waals surface area contributed by atoms with E-state index in [1.807, 2.05) is 4.90 Å². The molecule has 1 aromatic heterocycles. The van der Waals surface area contributed by atoms with Crippen LogP contribution in [-0.2, 0) is 4.79 Å². The minimum absolute atomic E-state index is 0.00862. The summed E-state index contributed by atoms with van der Waals surface area (Å²) < 4.78 is 0. The van der Waals surface area contributed by atoms with Crippen molar-refractivity contribution in [1.82, 2.24) is 9.88 Å². The smallest absolute Gasteiger partial charge is 0.293 e. The molecule has 1 aliphatic rings. The fourth-order valence-electron chi connectivity index (χ4n) is 2.97. The van der Waals surface area contributed by atoms with E-state index in [2.05, 4.69) is 10.3 Å². The number of nitrogens with one attached hydrogen (secondary N) is 1. The predicted octanol–water partition coefficient (Wildman–Crippen LogP) is 1.91. The molecule has 2 amide bonds. The Labute approximate surface area is 155 Å². The number of benzene rings is 1. The van der Waals surface area contributed by atoms with Crippen LogP contribution < -0.4 is 10.2 Å². The van der Waals surface area contributed by atoms with E-state index in [1.165, 1.54) is 13.0 Å². The number of hydrogen-bond donors (Lipinski definition) is 1. The summed E-state index contributed by atoms with van der Waals surface area (Å²) in [6.07, 6.45) is 1.54. The van der Waals surface area contributed by atoms with Crippen LogP contribution in [0, 0.1) is 10.1 Å². The van der Waals surface area contributed by atoms with Gasteiger partial charge in [-0.05, 0) is 24.3 Å². The van der Waals surface area contributed by atoms with E-state index in [1.54, 1.807) is 41.4 Å². The van der Waals surface area contributed by atoms with E-state index < -0.39 is 10.8 Å². The molecule has 1 saturated heterocycles. The molecule has 0 spiro atoms. The average Bonchev–Trinajstić information content (AvgIpc) is 2.68. The molecule has 1 fully saturated rings. The summed E-state index contributed by atoms with van der Waals surface area (Å²) in [5, 5.41) is 14.2. The summed E-state index contributed by atoms with van der Waals surface area (Å²) in [6, 6.07) is 9.49. The maximum absolute atomic E-state index is 12.4. The van der Waals surface area contributed by atoms with Crippen LogP contribution in [0.5, 0.6) is 0 Å². The van der Waals surface area contributed by atoms with Gasteiger partial charge in [-0.2, -0.15) is 0 Å². The number of carbonyl (C=O) groups is 2. The molecule has 140 valence electrons. The van der Waals surface area contributed by atoms with Gasteiger partial charge in [0.25, 0.3) is 11.6 Å². The van der Waals surface area contributed by atoms with Gasteiger partial charge < -0.3 is 15.1 Å². The summed E-state index contributed by atoms with van der Waals surface area (Å²) >= 11 is 0. The second-order valence-corrected chi connectivity index (χ2v) is 6.12. The lowest BCUT2D eigenvalue weighted by Crippen LogP contribution is -2.48. The van der Waals surface area contributed by atoms with Crippen LogP contribution in [0.3, 0.4) is 0 Å². The highest BCUT2D eigenvalue weighted by atomic mass is 16.6. The van der Waals surface area contributed by atoms with Crippen molar-refractivity contribution in [2.24, 2.45) is 0 Å². The molecule has 9 nitrogen and oxygen atoms in total. The maximum Gasteiger partial charge on any atom is 0.293 e. The molecule has 0 saturated carbocycles. The Morgan fingerprint density at radius 1 is 1.15 bits per heavy atom. The van der Waals surface area contributed by atoms with Crippen LogP contribution in [0.2, 0.25) is 0 Å². The molecule has 1 aromatic carbocycles. The SMILES string of the molecule is CC(=O)N1CCN(c2ccc(C(=O)Nc3ccccn3)cc2[N+](=O)[O-])CC1. The number of piperazine rings is 1. The topological polar surface area (TPSA) is 109 Å². The van der Waals surface area contributed by atoms with Crippen molar-refractivity contribution in [2.75, 3.05) is 36.4 Å². The number of nitrogens with zero attached hydrogens (tertiary/aromatic N) is 4. The first-order valence-electron chi connectivity index (χ1n) is 8.47. The molecule has 3 rings (SSSR count). The van der Waals surface area contributed by atoms with Crippen molar-refractivity contribution in [2.45, 2.75) is 6.92 Å². The molecule has 2 aromatic rings. The van der Waals surface area contributed by atoms with Gasteiger partial charge in [0.05, 0.1) is 4.92 Å². The highest BCUT2D eigenvalue weighted by Gasteiger charge is 2.25. The van der Waals surface area contributed by atoms with Crippen molar-refractivity contribution >= 4 is 29.0 Å². The van der Waals surface area contributed by atoms with E-state index >= 15 is 0 Å². The lowest BCUT2D eigenvalue weighted by atomic mass is 10.1. The van der Waals surface area contributed by atoms with Crippen LogP contribution in [0.15, 0.2) is 42.6 Å². The average molecular weight is 369 g/mol. The van der Waals surface area contributed by atoms with E-state index in [4.69, 9.17) is 0 Å². The fraction of sp³-hybridized carbons (Fsp3) is 0.278. The van der Waals surface area contributed by atoms with Crippen LogP contribution >= 0.6 is 0 Å². The number of rotatable bonds is 4. The first-order valence-corrected chi connectivity index (χ1v) is 8.47. The zero-order valence-electron chi connectivity index (χ0n) is 14.8. The predicted molar refractivity (Wildman–Crippen MR) is 99.8 cm³/mol. The molecule has 0 radical (unpaired) electrons. The molecule has 0 atom stereocenters. The van der Waals surface area contributed by atoms with Gasteiger partial charge >= 0.3 is 0 Å². The Morgan fingerprint density at radius 2 is 1.89 bits per heavy atom. The van der Waals surface area contributed by atoms with Gasteiger partial charge in [0, 0.05) is 50.9 Å². The molecule has 0 aliphatic carbocycles. The Balaban J connectivity index is 1.80. The number of nitro benzene ring substituents is 1. The quantitative estimate of drug-likeness (QED) is 0.651. The maximum atomic E-state index is 12.4. The first-order chi connectivity index (χ1) is 13.0. The number of amides is 2. The largest absolute Gasteiger partial charge is 0.362 e. The summed E-state index contributed by atoms with van der Waals surface area (Å²) in [7, 11) is 0. The number of carbonyl (C=O) groups excluding carboxylic acids is 2. The van der Waals surface area contributed by atoms with Crippen molar-refractivity contribution in [3.05, 3.63) is 58.3 Å². The molecule has 2 heterocycles. The molecular formula is C18H19N5O4. The Kier molecular flexibility index (Phi) is 5.30. The minimum atomic E-state index is -0.496. The van der Waals surface area contributed by atoms with E-state index in [0.717, 1.165) is 0 Å². The van der Waals surface area contributed by atoms with Gasteiger partial charge in [0.1, 0.15) is 11.5 Å². The fourth-order valence-corrected chi connectivity index (χ4v) is 2.97. The van der Waals surface area contributed by atoms with Gasteiger partial charge in [-0.25, -0.2) is 4.98 Å². The molecule has 27 heavy (non-hydrogen) atoms. The van der Waals surface area contributed by atoms with E-state index in [9.17, 15) is 19.7 Å². The lowest BCUT2D eigenvalue weighted by Gasteiger charge is -2.35. The molecule has 9 heteroatoms. The Morgan fingerprint density at radius 3 is 2.48 bits per heavy atom. The zero-order valence-corrected chi connectivity index (χ0v) is 14.8. The molecule has 1 aliphatic heterocycles. The molecular weight excluding hydrogens is 350 g/mol. The summed E-state index contributed by atoms with van der Waals surface area (Å²) in [5.74, 6) is -0.106. The van der Waals surface area contributed by atoms with Gasteiger partial charge in [-0.15, -0.1) is 0 Å². The second-order valence-electron chi connectivity index (χ2n) is 6.12. The summed E-state index contributed by atoms with van der Waals surface area (Å²) in [5.41, 5.74) is 0.482. The zero-order chi connectivity index (χ0) is 19.4. The summed E-state index contributed by atoms with van der Waals surface area (Å²) in [4.78, 5) is 42.4. The minimum Gasteiger partial charge on any atom is -0.362 e. The van der Waals surface area contributed by atoms with Crippen LogP contribution in [0.25, 0.3) is 0 Å². The van der Waals surface area contributed by atoms with E-state index in [-0.39, 0.29) is 17.2 Å². The molecule has 0 unspecified atom stereocenters. The normalized spacial score (nSPS) is 14.0. The number of nitro groups is 1. The molecule has 0 bridgehead atoms. The van der Waals surface area contributed by atoms with Crippen LogP contribution in [-0.4, -0.2) is 52.8 Å². The van der Waals surface area contributed by atoms with E-state index in [0.29, 0.717) is 37.7 Å². The molecule has 1 N–H and O–H groups in total. The summed E-state index contributed by atoms with van der Waals surface area (Å²) in [6.45, 7) is 3.52. The van der Waals surface area contributed by atoms with Crippen LogP contribution in [0.4, 0.5) is 17.2 Å². The van der Waals surface area contributed by atoms with Crippen molar-refractivity contribution < 1.29 is 14.5 Å². The Hall–Kier alpha value is -3.49. The number of anilines is 2. The Bertz CT molecular complexity index is 863. The van der Waals surface area contributed by atoms with Crippen molar-refractivity contribution in [3.8, 4) is 0 Å². The monoisotopic (exact) mass is 369 g/mol. The number of hydrogen-bond acceptors (Lipinski definition) is 6. The third kappa shape index (κ3) is 4.20. The van der Waals surface area contributed by atoms with Crippen molar-refractivity contribution in [3.63, 3.8) is 0 Å². The standard InChI is InChI=1S/C18H19N5O4/c1-13(24)21-8-10-22(11-9-21)15-6-5-14(12-16(15)23(26)27)18(25)20-17-4-2-3-7-19-17/h2-7,12H,8-11H2,1H3,(H,19,20,25). The van der Waals surface area contributed by atoms with Gasteiger partial charge in [-0.3, -0.25) is 19.7 Å². The number of pyridine rings is 1. The van der Waals surface area contributed by atoms with Gasteiger partial charge in [0.15, 0.2) is 0 Å². The highest BCUT2D eigenvalue weighted by molar-refractivity contribution is 6.04. The third-order valence-electron chi connectivity index (χ3n) is 4.41. The van der Waals surface area contributed by atoms with Crippen LogP contribution in [0.1, 0.15) is 17.3 Å². The second kappa shape index (κ2) is 7.81. The number of aromatic nitrogens is 1. The van der Waals surface area contributed by atoms with Crippen molar-refractivity contribution in [1.29, 1.82) is 0 Å². The third-order valence-corrected chi connectivity index (χ3v) is 4.41. The first kappa shape index (κ1) is 18.3. The van der Waals surface area contributed by atoms with Gasteiger partial charge in [-0.1, -0.05) is 6.07 Å². The highest BCUT2D eigenvalue weighted by Crippen LogP contribution is 2.30. The lowest BCUT2D eigenvalue weighted by molar-refractivity contribution is -0.384. The van der Waals surface area contributed by atoms with Gasteiger partial charge in [0.2, 0.25) is 5.91 Å².